The SMILES string of the molecule is C/C=C(\C=C(/C)c1cc2c(cn1)sc1ccc(-n3c4ccccc4c4ccccc43)cc12)c1ccc2c3ccccc3c3ccccc3c2c1. The van der Waals surface area contributed by atoms with E-state index in [1.54, 1.807) is 0 Å². The van der Waals surface area contributed by atoms with Crippen molar-refractivity contribution in [1.29, 1.82) is 0 Å². The van der Waals surface area contributed by atoms with Gasteiger partial charge in [0.25, 0.3) is 0 Å². The van der Waals surface area contributed by atoms with Crippen LogP contribution in [0.1, 0.15) is 25.1 Å². The normalized spacial score (nSPS) is 12.8. The lowest BCUT2D eigenvalue weighted by molar-refractivity contribution is 1.19. The van der Waals surface area contributed by atoms with E-state index in [9.17, 15) is 0 Å². The van der Waals surface area contributed by atoms with Gasteiger partial charge >= 0.3 is 0 Å². The summed E-state index contributed by atoms with van der Waals surface area (Å²) in [6.45, 7) is 4.31. The zero-order chi connectivity index (χ0) is 33.3. The molecular formula is C47H32N2S. The molecule has 7 aromatic carbocycles. The molecule has 3 aromatic heterocycles. The molecule has 0 aliphatic heterocycles. The lowest BCUT2D eigenvalue weighted by Gasteiger charge is -2.13. The third-order valence-electron chi connectivity index (χ3n) is 10.3. The molecule has 0 spiro atoms. The smallest absolute Gasteiger partial charge is 0.0666 e. The summed E-state index contributed by atoms with van der Waals surface area (Å²) in [5, 5.41) is 12.8. The van der Waals surface area contributed by atoms with Crippen LogP contribution in [0.25, 0.3) is 91.1 Å². The van der Waals surface area contributed by atoms with Crippen molar-refractivity contribution in [2.24, 2.45) is 0 Å². The van der Waals surface area contributed by atoms with E-state index in [4.69, 9.17) is 4.98 Å². The van der Waals surface area contributed by atoms with Crippen LogP contribution < -0.4 is 0 Å². The highest BCUT2D eigenvalue weighted by Gasteiger charge is 2.15. The van der Waals surface area contributed by atoms with Gasteiger partial charge in [0.15, 0.2) is 0 Å². The van der Waals surface area contributed by atoms with Gasteiger partial charge in [-0.15, -0.1) is 11.3 Å². The molecule has 10 rings (SSSR count). The Hall–Kier alpha value is -6.03. The van der Waals surface area contributed by atoms with Crippen molar-refractivity contribution in [3.63, 3.8) is 0 Å². The van der Waals surface area contributed by atoms with Gasteiger partial charge in [-0.05, 0) is 111 Å². The van der Waals surface area contributed by atoms with Gasteiger partial charge in [0, 0.05) is 38.1 Å². The van der Waals surface area contributed by atoms with Gasteiger partial charge in [-0.1, -0.05) is 103 Å². The van der Waals surface area contributed by atoms with Crippen LogP contribution in [0.3, 0.4) is 0 Å². The Labute approximate surface area is 293 Å². The number of benzene rings is 7. The minimum absolute atomic E-state index is 0.996. The lowest BCUT2D eigenvalue weighted by atomic mass is 9.91. The number of pyridine rings is 1. The van der Waals surface area contributed by atoms with Crippen LogP contribution in [0.4, 0.5) is 0 Å². The Morgan fingerprint density at radius 2 is 1.10 bits per heavy atom. The summed E-state index contributed by atoms with van der Waals surface area (Å²) in [5.41, 5.74) is 8.15. The van der Waals surface area contributed by atoms with E-state index in [0.29, 0.717) is 0 Å². The fourth-order valence-electron chi connectivity index (χ4n) is 7.95. The maximum Gasteiger partial charge on any atom is 0.0666 e. The highest BCUT2D eigenvalue weighted by atomic mass is 32.1. The molecule has 0 aliphatic carbocycles. The molecule has 0 amide bonds. The van der Waals surface area contributed by atoms with Crippen LogP contribution in [0.2, 0.25) is 0 Å². The Balaban J connectivity index is 1.08. The Bertz CT molecular complexity index is 2970. The first kappa shape index (κ1) is 28.9. The predicted octanol–water partition coefficient (Wildman–Crippen LogP) is 13.5. The number of nitrogens with zero attached hydrogens (tertiary/aromatic N) is 2. The van der Waals surface area contributed by atoms with Gasteiger partial charge in [-0.3, -0.25) is 4.98 Å². The first-order chi connectivity index (χ1) is 24.7. The minimum atomic E-state index is 0.996. The van der Waals surface area contributed by atoms with Crippen molar-refractivity contribution in [1.82, 2.24) is 9.55 Å². The molecule has 50 heavy (non-hydrogen) atoms. The highest BCUT2D eigenvalue weighted by molar-refractivity contribution is 7.25. The van der Waals surface area contributed by atoms with Crippen LogP contribution in [-0.4, -0.2) is 9.55 Å². The second kappa shape index (κ2) is 11.3. The van der Waals surface area contributed by atoms with E-state index in [1.807, 2.05) is 11.3 Å². The van der Waals surface area contributed by atoms with Crippen LogP contribution in [0, 0.1) is 0 Å². The monoisotopic (exact) mass is 656 g/mol. The Morgan fingerprint density at radius 1 is 0.540 bits per heavy atom. The number of hydrogen-bond donors (Lipinski definition) is 0. The average Bonchev–Trinajstić information content (AvgIpc) is 3.71. The van der Waals surface area contributed by atoms with Gasteiger partial charge in [0.1, 0.15) is 0 Å². The minimum Gasteiger partial charge on any atom is -0.309 e. The maximum atomic E-state index is 4.97. The molecule has 0 unspecified atom stereocenters. The van der Waals surface area contributed by atoms with Gasteiger partial charge < -0.3 is 4.57 Å². The number of aromatic nitrogens is 2. The lowest BCUT2D eigenvalue weighted by Crippen LogP contribution is -1.93. The Morgan fingerprint density at radius 3 is 1.74 bits per heavy atom. The molecule has 0 saturated carbocycles. The molecule has 0 bridgehead atoms. The van der Waals surface area contributed by atoms with Crippen molar-refractivity contribution in [3.05, 3.63) is 169 Å². The molecule has 0 radical (unpaired) electrons. The number of allylic oxidation sites excluding steroid dienone is 4. The van der Waals surface area contributed by atoms with E-state index >= 15 is 0 Å². The van der Waals surface area contributed by atoms with Gasteiger partial charge in [0.2, 0.25) is 0 Å². The zero-order valence-electron chi connectivity index (χ0n) is 27.8. The first-order valence-electron chi connectivity index (χ1n) is 17.2. The van der Waals surface area contributed by atoms with E-state index in [2.05, 4.69) is 176 Å². The third kappa shape index (κ3) is 4.37. The van der Waals surface area contributed by atoms with Crippen molar-refractivity contribution >= 4 is 96.8 Å². The van der Waals surface area contributed by atoms with E-state index in [0.717, 1.165) is 11.3 Å². The zero-order valence-corrected chi connectivity index (χ0v) is 28.6. The third-order valence-corrected chi connectivity index (χ3v) is 11.5. The van der Waals surface area contributed by atoms with E-state index < -0.39 is 0 Å². The van der Waals surface area contributed by atoms with Crippen molar-refractivity contribution < 1.29 is 0 Å². The van der Waals surface area contributed by atoms with Crippen LogP contribution in [0.15, 0.2) is 158 Å². The number of fused-ring (bicyclic) bond motifs is 12. The van der Waals surface area contributed by atoms with E-state index in [1.165, 1.54) is 91.1 Å². The van der Waals surface area contributed by atoms with Crippen molar-refractivity contribution in [2.75, 3.05) is 0 Å². The fourth-order valence-corrected chi connectivity index (χ4v) is 8.99. The molecule has 0 fully saturated rings. The summed E-state index contributed by atoms with van der Waals surface area (Å²) >= 11 is 1.81. The van der Waals surface area contributed by atoms with Crippen molar-refractivity contribution in [3.8, 4) is 5.69 Å². The number of thiophene rings is 1. The largest absolute Gasteiger partial charge is 0.309 e. The molecule has 3 heterocycles. The Kier molecular flexibility index (Phi) is 6.52. The molecule has 0 atom stereocenters. The summed E-state index contributed by atoms with van der Waals surface area (Å²) < 4.78 is 4.88. The topological polar surface area (TPSA) is 17.8 Å². The maximum absolute atomic E-state index is 4.97. The molecule has 0 aliphatic rings. The van der Waals surface area contributed by atoms with Gasteiger partial charge in [-0.2, -0.15) is 0 Å². The molecule has 10 aromatic rings. The van der Waals surface area contributed by atoms with Crippen LogP contribution in [-0.2, 0) is 0 Å². The standard InChI is InChI=1S/C47H32N2S/c1-3-30(31-20-22-37-35-14-5-4-12-33(35)34-13-6-7-15-36(34)40(37)25-31)24-29(2)43-27-42-41-26-32(21-23-46(41)50-47(42)28-48-43)49-44-18-10-8-16-38(44)39-17-9-11-19-45(39)49/h3-28H,1-2H3/b29-24+,30-3+. The van der Waals surface area contributed by atoms with Crippen LogP contribution in [0.5, 0.6) is 0 Å². The highest BCUT2D eigenvalue weighted by Crippen LogP contribution is 2.40. The van der Waals surface area contributed by atoms with Crippen molar-refractivity contribution in [2.45, 2.75) is 13.8 Å². The van der Waals surface area contributed by atoms with E-state index in [-0.39, 0.29) is 0 Å². The number of rotatable bonds is 4. The predicted molar refractivity (Wildman–Crippen MR) is 218 cm³/mol. The number of para-hydroxylation sites is 2. The quantitative estimate of drug-likeness (QED) is 0.136. The summed E-state index contributed by atoms with van der Waals surface area (Å²) in [4.78, 5) is 4.97. The average molecular weight is 657 g/mol. The molecule has 0 saturated heterocycles. The molecule has 0 N–H and O–H groups in total. The van der Waals surface area contributed by atoms with Crippen LogP contribution >= 0.6 is 11.3 Å². The first-order valence-corrected chi connectivity index (χ1v) is 18.0. The molecule has 3 heteroatoms. The van der Waals surface area contributed by atoms with Gasteiger partial charge in [-0.25, -0.2) is 0 Å². The second-order valence-electron chi connectivity index (χ2n) is 13.1. The van der Waals surface area contributed by atoms with Gasteiger partial charge in [0.05, 0.1) is 21.4 Å². The molecule has 2 nitrogen and oxygen atoms in total. The second-order valence-corrected chi connectivity index (χ2v) is 14.2. The fraction of sp³-hybridized carbons (Fsp3) is 0.0426. The molecule has 236 valence electrons. The summed E-state index contributed by atoms with van der Waals surface area (Å²) in [6.07, 6.45) is 6.55. The number of hydrogen-bond acceptors (Lipinski definition) is 2. The summed E-state index contributed by atoms with van der Waals surface area (Å²) in [7, 11) is 0. The summed E-state index contributed by atoms with van der Waals surface area (Å²) in [5.74, 6) is 0. The summed E-state index contributed by atoms with van der Waals surface area (Å²) in [6, 6.07) is 51.0. The molecular weight excluding hydrogens is 625 g/mol.